The lowest BCUT2D eigenvalue weighted by atomic mass is 10.1. The van der Waals surface area contributed by atoms with Crippen molar-refractivity contribution in [1.29, 1.82) is 5.26 Å². The number of carbonyl (C=O) groups is 2. The van der Waals surface area contributed by atoms with Gasteiger partial charge in [-0.3, -0.25) is 9.59 Å². The summed E-state index contributed by atoms with van der Waals surface area (Å²) in [6, 6.07) is 12.5. The molecule has 1 aromatic heterocycles. The van der Waals surface area contributed by atoms with Gasteiger partial charge in [-0.2, -0.15) is 17.0 Å². The second-order valence-corrected chi connectivity index (χ2v) is 8.81. The van der Waals surface area contributed by atoms with Crippen molar-refractivity contribution in [1.82, 2.24) is 15.2 Å². The van der Waals surface area contributed by atoms with Gasteiger partial charge in [0, 0.05) is 37.9 Å². The summed E-state index contributed by atoms with van der Waals surface area (Å²) in [5, 5.41) is 12.3. The van der Waals surface area contributed by atoms with Crippen LogP contribution in [0, 0.1) is 18.3 Å². The normalized spacial score (nSPS) is 14.9. The monoisotopic (exact) mass is 451 g/mol. The molecule has 3 rings (SSSR count). The maximum atomic E-state index is 13.4. The van der Waals surface area contributed by atoms with Crippen LogP contribution < -0.4 is 10.2 Å². The van der Waals surface area contributed by atoms with Gasteiger partial charge in [0.1, 0.15) is 17.9 Å². The zero-order chi connectivity index (χ0) is 22.9. The second kappa shape index (κ2) is 11.5. The van der Waals surface area contributed by atoms with E-state index in [1.165, 1.54) is 0 Å². The fourth-order valence-corrected chi connectivity index (χ4v) is 4.30. The van der Waals surface area contributed by atoms with Gasteiger partial charge in [0.25, 0.3) is 5.91 Å². The summed E-state index contributed by atoms with van der Waals surface area (Å²) >= 11 is 1.66. The van der Waals surface area contributed by atoms with Gasteiger partial charge in [-0.05, 0) is 56.0 Å². The van der Waals surface area contributed by atoms with Crippen LogP contribution >= 0.6 is 11.8 Å². The molecule has 2 amide bonds. The molecule has 32 heavy (non-hydrogen) atoms. The first-order valence-corrected chi connectivity index (χ1v) is 12.2. The fraction of sp³-hybridized carbons (Fsp3) is 0.417. The Bertz CT molecular complexity index is 990. The number of aryl methyl sites for hydroxylation is 1. The largest absolute Gasteiger partial charge is 0.354 e. The number of benzene rings is 1. The molecule has 1 aliphatic heterocycles. The van der Waals surface area contributed by atoms with Gasteiger partial charge < -0.3 is 15.1 Å². The number of nitrogens with one attached hydrogen (secondary N) is 1. The van der Waals surface area contributed by atoms with Gasteiger partial charge in [-0.1, -0.05) is 17.7 Å². The van der Waals surface area contributed by atoms with Crippen LogP contribution in [0.4, 0.5) is 5.82 Å². The fourth-order valence-electron chi connectivity index (χ4n) is 3.83. The number of hydrogen-bond acceptors (Lipinski definition) is 6. The standard InChI is InChI=1S/C24H29N5O2S/c1-18-6-3-7-19(16-18)23(30)27-21(9-15-32-2)24(31)29-12-5-11-28(13-14-29)22-20(17-25)8-4-10-26-22/h3-4,6-8,10,16,21H,5,9,11-15H2,1-2H3,(H,27,30). The van der Waals surface area contributed by atoms with Crippen molar-refractivity contribution in [3.63, 3.8) is 0 Å². The van der Waals surface area contributed by atoms with Crippen LogP contribution in [0.5, 0.6) is 0 Å². The first-order valence-electron chi connectivity index (χ1n) is 10.8. The summed E-state index contributed by atoms with van der Waals surface area (Å²) in [6.07, 6.45) is 5.03. The summed E-state index contributed by atoms with van der Waals surface area (Å²) in [5.74, 6) is 1.17. The first-order chi connectivity index (χ1) is 15.5. The molecule has 0 spiro atoms. The minimum atomic E-state index is -0.563. The van der Waals surface area contributed by atoms with Crippen LogP contribution in [-0.2, 0) is 4.79 Å². The number of rotatable bonds is 7. The number of thioether (sulfide) groups is 1. The topological polar surface area (TPSA) is 89.3 Å². The van der Waals surface area contributed by atoms with Crippen molar-refractivity contribution >= 4 is 29.4 Å². The number of nitrogens with zero attached hydrogens (tertiary/aromatic N) is 4. The average Bonchev–Trinajstić information content (AvgIpc) is 3.07. The molecule has 2 aromatic rings. The van der Waals surface area contributed by atoms with Crippen molar-refractivity contribution in [2.45, 2.75) is 25.8 Å². The number of amides is 2. The van der Waals surface area contributed by atoms with Crippen molar-refractivity contribution < 1.29 is 9.59 Å². The Morgan fingerprint density at radius 2 is 2.06 bits per heavy atom. The van der Waals surface area contributed by atoms with E-state index in [1.807, 2.05) is 36.3 Å². The van der Waals surface area contributed by atoms with Gasteiger partial charge >= 0.3 is 0 Å². The van der Waals surface area contributed by atoms with Crippen LogP contribution in [-0.4, -0.2) is 65.9 Å². The molecule has 1 aromatic carbocycles. The Morgan fingerprint density at radius 1 is 1.22 bits per heavy atom. The van der Waals surface area contributed by atoms with Crippen molar-refractivity contribution in [2.24, 2.45) is 0 Å². The molecule has 8 heteroatoms. The third-order valence-corrected chi connectivity index (χ3v) is 6.15. The van der Waals surface area contributed by atoms with E-state index in [0.29, 0.717) is 43.0 Å². The van der Waals surface area contributed by atoms with Crippen molar-refractivity contribution in [2.75, 3.05) is 43.1 Å². The molecule has 1 unspecified atom stereocenters. The zero-order valence-electron chi connectivity index (χ0n) is 18.6. The maximum absolute atomic E-state index is 13.4. The van der Waals surface area contributed by atoms with Crippen LogP contribution in [0.2, 0.25) is 0 Å². The van der Waals surface area contributed by atoms with Gasteiger partial charge in [0.15, 0.2) is 0 Å². The van der Waals surface area contributed by atoms with E-state index in [1.54, 1.807) is 36.2 Å². The lowest BCUT2D eigenvalue weighted by Gasteiger charge is -2.27. The van der Waals surface area contributed by atoms with E-state index in [0.717, 1.165) is 24.3 Å². The molecule has 0 radical (unpaired) electrons. The molecule has 0 aliphatic carbocycles. The number of carbonyl (C=O) groups excluding carboxylic acids is 2. The number of aromatic nitrogens is 1. The molecule has 1 N–H and O–H groups in total. The molecule has 7 nitrogen and oxygen atoms in total. The molecule has 1 atom stereocenters. The summed E-state index contributed by atoms with van der Waals surface area (Å²) in [5.41, 5.74) is 2.10. The summed E-state index contributed by atoms with van der Waals surface area (Å²) in [6.45, 7) is 4.39. The number of anilines is 1. The van der Waals surface area contributed by atoms with Gasteiger partial charge in [-0.15, -0.1) is 0 Å². The van der Waals surface area contributed by atoms with E-state index >= 15 is 0 Å². The Morgan fingerprint density at radius 3 is 2.81 bits per heavy atom. The zero-order valence-corrected chi connectivity index (χ0v) is 19.4. The predicted molar refractivity (Wildman–Crippen MR) is 128 cm³/mol. The highest BCUT2D eigenvalue weighted by Gasteiger charge is 2.28. The molecule has 168 valence electrons. The minimum Gasteiger partial charge on any atom is -0.354 e. The van der Waals surface area contributed by atoms with Gasteiger partial charge in [-0.25, -0.2) is 4.98 Å². The summed E-state index contributed by atoms with van der Waals surface area (Å²) in [4.78, 5) is 34.4. The SMILES string of the molecule is CSCCC(NC(=O)c1cccc(C)c1)C(=O)N1CCCN(c2ncccc2C#N)CC1. The average molecular weight is 452 g/mol. The molecule has 1 aliphatic rings. The van der Waals surface area contributed by atoms with Crippen LogP contribution in [0.15, 0.2) is 42.6 Å². The highest BCUT2D eigenvalue weighted by molar-refractivity contribution is 7.98. The minimum absolute atomic E-state index is 0.0524. The molecular weight excluding hydrogens is 422 g/mol. The van der Waals surface area contributed by atoms with Crippen LogP contribution in [0.25, 0.3) is 0 Å². The third kappa shape index (κ3) is 6.01. The molecule has 0 bridgehead atoms. The Labute approximate surface area is 193 Å². The van der Waals surface area contributed by atoms with E-state index in [2.05, 4.69) is 21.3 Å². The van der Waals surface area contributed by atoms with E-state index in [4.69, 9.17) is 0 Å². The smallest absolute Gasteiger partial charge is 0.251 e. The van der Waals surface area contributed by atoms with Crippen LogP contribution in [0.1, 0.15) is 34.3 Å². The highest BCUT2D eigenvalue weighted by Crippen LogP contribution is 2.19. The van der Waals surface area contributed by atoms with Crippen LogP contribution in [0.3, 0.4) is 0 Å². The number of pyridine rings is 1. The number of hydrogen-bond donors (Lipinski definition) is 1. The van der Waals surface area contributed by atoms with Crippen molar-refractivity contribution in [3.8, 4) is 6.07 Å². The molecular formula is C24H29N5O2S. The van der Waals surface area contributed by atoms with Gasteiger partial charge in [0.2, 0.25) is 5.91 Å². The van der Waals surface area contributed by atoms with E-state index in [-0.39, 0.29) is 11.8 Å². The van der Waals surface area contributed by atoms with Gasteiger partial charge in [0.05, 0.1) is 5.56 Å². The van der Waals surface area contributed by atoms with Crippen molar-refractivity contribution in [3.05, 3.63) is 59.3 Å². The Kier molecular flexibility index (Phi) is 8.51. The predicted octanol–water partition coefficient (Wildman–Crippen LogP) is 2.85. The molecule has 0 saturated carbocycles. The first kappa shape index (κ1) is 23.6. The summed E-state index contributed by atoms with van der Waals surface area (Å²) < 4.78 is 0. The second-order valence-electron chi connectivity index (χ2n) is 7.83. The number of nitriles is 1. The third-order valence-electron chi connectivity index (χ3n) is 5.51. The Hall–Kier alpha value is -3.05. The molecule has 2 heterocycles. The lowest BCUT2D eigenvalue weighted by molar-refractivity contribution is -0.133. The Balaban J connectivity index is 1.69. The molecule has 1 saturated heterocycles. The quantitative estimate of drug-likeness (QED) is 0.696. The maximum Gasteiger partial charge on any atom is 0.251 e. The van der Waals surface area contributed by atoms with E-state index in [9.17, 15) is 14.9 Å². The summed E-state index contributed by atoms with van der Waals surface area (Å²) in [7, 11) is 0. The van der Waals surface area contributed by atoms with E-state index < -0.39 is 6.04 Å². The molecule has 1 fully saturated rings. The highest BCUT2D eigenvalue weighted by atomic mass is 32.2. The lowest BCUT2D eigenvalue weighted by Crippen LogP contribution is -2.49.